The Hall–Kier alpha value is -1.62. The molecule has 21 heavy (non-hydrogen) atoms. The van der Waals surface area contributed by atoms with Crippen molar-refractivity contribution in [1.82, 2.24) is 15.6 Å². The third-order valence-corrected chi connectivity index (χ3v) is 4.17. The van der Waals surface area contributed by atoms with Crippen molar-refractivity contribution in [3.05, 3.63) is 30.1 Å². The average molecular weight is 291 g/mol. The Labute approximate surface area is 126 Å². The third-order valence-electron chi connectivity index (χ3n) is 4.17. The van der Waals surface area contributed by atoms with Gasteiger partial charge in [0.25, 0.3) is 0 Å². The molecule has 5 nitrogen and oxygen atoms in total. The van der Waals surface area contributed by atoms with Crippen LogP contribution in [0, 0.1) is 0 Å². The molecule has 0 aromatic carbocycles. The van der Waals surface area contributed by atoms with Crippen LogP contribution in [-0.2, 0) is 0 Å². The maximum atomic E-state index is 11.9. The van der Waals surface area contributed by atoms with Crippen molar-refractivity contribution >= 4 is 6.03 Å². The highest BCUT2D eigenvalue weighted by Gasteiger charge is 2.28. The number of aliphatic hydroxyl groups is 1. The van der Waals surface area contributed by atoms with Gasteiger partial charge in [0.15, 0.2) is 0 Å². The topological polar surface area (TPSA) is 74.2 Å². The Bertz CT molecular complexity index is 442. The molecule has 1 aromatic heterocycles. The van der Waals surface area contributed by atoms with Crippen molar-refractivity contribution in [3.63, 3.8) is 0 Å². The standard InChI is InChI=1S/C16H25N3O2/c1-13(14-6-10-17-11-7-14)19-15(20)18-12-16(21)8-4-2-3-5-9-16/h6-7,10-11,13,21H,2-5,8-9,12H2,1H3,(H2,18,19,20). The molecule has 1 saturated carbocycles. The lowest BCUT2D eigenvalue weighted by atomic mass is 9.94. The summed E-state index contributed by atoms with van der Waals surface area (Å²) < 4.78 is 0. The molecule has 116 valence electrons. The average Bonchev–Trinajstić information content (AvgIpc) is 2.71. The van der Waals surface area contributed by atoms with Crippen LogP contribution < -0.4 is 10.6 Å². The molecule has 0 saturated heterocycles. The first kappa shape index (κ1) is 15.8. The quantitative estimate of drug-likeness (QED) is 0.746. The molecule has 1 heterocycles. The van der Waals surface area contributed by atoms with Crippen LogP contribution in [0.15, 0.2) is 24.5 Å². The first-order valence-electron chi connectivity index (χ1n) is 7.76. The fourth-order valence-corrected chi connectivity index (χ4v) is 2.79. The second kappa shape index (κ2) is 7.41. The van der Waals surface area contributed by atoms with E-state index < -0.39 is 5.60 Å². The Morgan fingerprint density at radius 2 is 1.90 bits per heavy atom. The number of carbonyl (C=O) groups is 1. The van der Waals surface area contributed by atoms with Gasteiger partial charge in [-0.2, -0.15) is 0 Å². The molecule has 0 aliphatic heterocycles. The van der Waals surface area contributed by atoms with Gasteiger partial charge in [0.1, 0.15) is 0 Å². The van der Waals surface area contributed by atoms with Crippen molar-refractivity contribution in [2.24, 2.45) is 0 Å². The molecule has 1 fully saturated rings. The van der Waals surface area contributed by atoms with Gasteiger partial charge in [-0.25, -0.2) is 4.79 Å². The van der Waals surface area contributed by atoms with E-state index in [-0.39, 0.29) is 12.1 Å². The number of hydrogen-bond donors (Lipinski definition) is 3. The van der Waals surface area contributed by atoms with E-state index in [1.807, 2.05) is 19.1 Å². The molecular weight excluding hydrogens is 266 g/mol. The highest BCUT2D eigenvalue weighted by atomic mass is 16.3. The lowest BCUT2D eigenvalue weighted by molar-refractivity contribution is 0.0276. The van der Waals surface area contributed by atoms with Crippen molar-refractivity contribution in [2.75, 3.05) is 6.54 Å². The summed E-state index contributed by atoms with van der Waals surface area (Å²) in [4.78, 5) is 15.9. The highest BCUT2D eigenvalue weighted by molar-refractivity contribution is 5.74. The number of amides is 2. The van der Waals surface area contributed by atoms with Gasteiger partial charge in [0.2, 0.25) is 0 Å². The maximum Gasteiger partial charge on any atom is 0.315 e. The summed E-state index contributed by atoms with van der Waals surface area (Å²) >= 11 is 0. The molecule has 5 heteroatoms. The Morgan fingerprint density at radius 3 is 2.52 bits per heavy atom. The molecule has 0 bridgehead atoms. The SMILES string of the molecule is CC(NC(=O)NCC1(O)CCCCCC1)c1ccncc1. The lowest BCUT2D eigenvalue weighted by Gasteiger charge is -2.27. The zero-order valence-electron chi connectivity index (χ0n) is 12.6. The van der Waals surface area contributed by atoms with Gasteiger partial charge in [0.05, 0.1) is 11.6 Å². The second-order valence-electron chi connectivity index (χ2n) is 5.97. The third kappa shape index (κ3) is 5.01. The van der Waals surface area contributed by atoms with E-state index in [0.717, 1.165) is 31.2 Å². The first-order valence-corrected chi connectivity index (χ1v) is 7.76. The summed E-state index contributed by atoms with van der Waals surface area (Å²) in [6, 6.07) is 3.43. The fourth-order valence-electron chi connectivity index (χ4n) is 2.79. The largest absolute Gasteiger partial charge is 0.388 e. The van der Waals surface area contributed by atoms with Gasteiger partial charge in [-0.15, -0.1) is 0 Å². The summed E-state index contributed by atoms with van der Waals surface area (Å²) in [5, 5.41) is 16.2. The molecule has 2 amide bonds. The van der Waals surface area contributed by atoms with Crippen LogP contribution in [-0.4, -0.2) is 28.3 Å². The van der Waals surface area contributed by atoms with Gasteiger partial charge < -0.3 is 15.7 Å². The van der Waals surface area contributed by atoms with Crippen LogP contribution in [0.1, 0.15) is 57.1 Å². The van der Waals surface area contributed by atoms with Crippen molar-refractivity contribution < 1.29 is 9.90 Å². The minimum absolute atomic E-state index is 0.0863. The van der Waals surface area contributed by atoms with E-state index >= 15 is 0 Å². The molecule has 3 N–H and O–H groups in total. The smallest absolute Gasteiger partial charge is 0.315 e. The number of aromatic nitrogens is 1. The Morgan fingerprint density at radius 1 is 1.29 bits per heavy atom. The summed E-state index contributed by atoms with van der Waals surface area (Å²) in [7, 11) is 0. The van der Waals surface area contributed by atoms with Crippen LogP contribution in [0.4, 0.5) is 4.79 Å². The summed E-state index contributed by atoms with van der Waals surface area (Å²) in [5.74, 6) is 0. The number of nitrogens with zero attached hydrogens (tertiary/aromatic N) is 1. The van der Waals surface area contributed by atoms with Gasteiger partial charge >= 0.3 is 6.03 Å². The van der Waals surface area contributed by atoms with Crippen molar-refractivity contribution in [3.8, 4) is 0 Å². The van der Waals surface area contributed by atoms with Gasteiger partial charge in [-0.3, -0.25) is 4.98 Å². The Balaban J connectivity index is 1.79. The zero-order chi connectivity index (χ0) is 15.1. The molecule has 1 aliphatic carbocycles. The zero-order valence-corrected chi connectivity index (χ0v) is 12.6. The predicted octanol–water partition coefficient (Wildman–Crippen LogP) is 2.53. The van der Waals surface area contributed by atoms with Crippen LogP contribution in [0.5, 0.6) is 0 Å². The van der Waals surface area contributed by atoms with E-state index in [2.05, 4.69) is 15.6 Å². The van der Waals surface area contributed by atoms with Crippen LogP contribution >= 0.6 is 0 Å². The summed E-state index contributed by atoms with van der Waals surface area (Å²) in [5.41, 5.74) is 0.265. The van der Waals surface area contributed by atoms with Crippen LogP contribution in [0.3, 0.4) is 0 Å². The molecule has 2 rings (SSSR count). The van der Waals surface area contributed by atoms with Crippen LogP contribution in [0.2, 0.25) is 0 Å². The molecule has 0 radical (unpaired) electrons. The van der Waals surface area contributed by atoms with Gasteiger partial charge in [-0.1, -0.05) is 25.7 Å². The first-order chi connectivity index (χ1) is 10.1. The molecule has 0 spiro atoms. The molecule has 1 unspecified atom stereocenters. The number of urea groups is 1. The fraction of sp³-hybridized carbons (Fsp3) is 0.625. The Kier molecular flexibility index (Phi) is 5.56. The van der Waals surface area contributed by atoms with E-state index in [4.69, 9.17) is 0 Å². The molecule has 1 aromatic rings. The molecular formula is C16H25N3O2. The second-order valence-corrected chi connectivity index (χ2v) is 5.97. The maximum absolute atomic E-state index is 11.9. The number of pyridine rings is 1. The van der Waals surface area contributed by atoms with E-state index in [1.54, 1.807) is 12.4 Å². The minimum atomic E-state index is -0.742. The van der Waals surface area contributed by atoms with Gasteiger partial charge in [0, 0.05) is 18.9 Å². The number of carbonyl (C=O) groups excluding carboxylic acids is 1. The van der Waals surface area contributed by atoms with E-state index in [9.17, 15) is 9.90 Å². The monoisotopic (exact) mass is 291 g/mol. The van der Waals surface area contributed by atoms with Crippen molar-refractivity contribution in [1.29, 1.82) is 0 Å². The summed E-state index contributed by atoms with van der Waals surface area (Å²) in [6.45, 7) is 2.25. The minimum Gasteiger partial charge on any atom is -0.388 e. The van der Waals surface area contributed by atoms with Gasteiger partial charge in [-0.05, 0) is 37.5 Å². The number of nitrogens with one attached hydrogen (secondary N) is 2. The lowest BCUT2D eigenvalue weighted by Crippen LogP contribution is -2.46. The predicted molar refractivity (Wildman–Crippen MR) is 81.8 cm³/mol. The summed E-state index contributed by atoms with van der Waals surface area (Å²) in [6.07, 6.45) is 9.38. The molecule has 1 aliphatic rings. The van der Waals surface area contributed by atoms with E-state index in [0.29, 0.717) is 6.54 Å². The number of rotatable bonds is 4. The normalized spacial score (nSPS) is 19.3. The van der Waals surface area contributed by atoms with Crippen LogP contribution in [0.25, 0.3) is 0 Å². The van der Waals surface area contributed by atoms with E-state index in [1.165, 1.54) is 12.8 Å². The highest BCUT2D eigenvalue weighted by Crippen LogP contribution is 2.26. The number of hydrogen-bond acceptors (Lipinski definition) is 3. The molecule has 1 atom stereocenters. The van der Waals surface area contributed by atoms with Crippen molar-refractivity contribution in [2.45, 2.75) is 57.1 Å².